The molecule has 0 aromatic rings. The van der Waals surface area contributed by atoms with Crippen LogP contribution in [0.4, 0.5) is 0 Å². The summed E-state index contributed by atoms with van der Waals surface area (Å²) in [5.41, 5.74) is -2.54. The number of ether oxygens (including phenoxy) is 11. The smallest absolute Gasteiger partial charge is 0.397 e. The molecule has 91 heavy (non-hydrogen) atoms. The Labute approximate surface area is 528 Å². The Bertz CT molecular complexity index is 2990. The van der Waals surface area contributed by atoms with Gasteiger partial charge in [0.2, 0.25) is 0 Å². The molecule has 35 heteroatoms. The highest BCUT2D eigenvalue weighted by Gasteiger charge is 2.80. The summed E-state index contributed by atoms with van der Waals surface area (Å²) in [7, 11) is -13.2. The molecule has 5 aliphatic heterocycles. The molecule has 9 rings (SSSR count). The van der Waals surface area contributed by atoms with Gasteiger partial charge in [-0.1, -0.05) is 59.6 Å². The van der Waals surface area contributed by atoms with Crippen molar-refractivity contribution in [3.8, 4) is 0 Å². The van der Waals surface area contributed by atoms with Crippen LogP contribution in [0.2, 0.25) is 0 Å². The molecule has 0 bridgehead atoms. The molecule has 0 aromatic heterocycles. The van der Waals surface area contributed by atoms with Gasteiger partial charge in [-0.25, -0.2) is 12.5 Å². The summed E-state index contributed by atoms with van der Waals surface area (Å²) in [6.45, 7) is 13.0. The van der Waals surface area contributed by atoms with Crippen molar-refractivity contribution in [3.05, 3.63) is 11.6 Å². The molecule has 1 spiro atoms. The quantitative estimate of drug-likeness (QED) is 0.0374. The minimum atomic E-state index is -5.25. The topological polar surface area (TPSA) is 468 Å². The lowest BCUT2D eigenvalue weighted by Gasteiger charge is -2.64. The first-order valence-electron chi connectivity index (χ1n) is 30.6. The third-order valence-corrected chi connectivity index (χ3v) is 22.8. The van der Waals surface area contributed by atoms with Gasteiger partial charge in [-0.15, -0.1) is 0 Å². The Hall–Kier alpha value is -2.35. The molecule has 5 saturated heterocycles. The van der Waals surface area contributed by atoms with E-state index in [0.29, 0.717) is 50.9 Å². The summed E-state index contributed by atoms with van der Waals surface area (Å²) in [5, 5.41) is 80.4. The van der Waals surface area contributed by atoms with Crippen molar-refractivity contribution in [1.82, 2.24) is 0 Å². The number of hydrogen-bond acceptors (Lipinski definition) is 29. The van der Waals surface area contributed by atoms with Gasteiger partial charge in [0.05, 0.1) is 50.5 Å². The van der Waals surface area contributed by atoms with E-state index in [1.54, 1.807) is 0 Å². The summed E-state index contributed by atoms with van der Waals surface area (Å²) in [4.78, 5) is 28.6. The van der Waals surface area contributed by atoms with Gasteiger partial charge in [0, 0.05) is 18.4 Å². The highest BCUT2D eigenvalue weighted by atomic mass is 32.3. The van der Waals surface area contributed by atoms with Crippen LogP contribution in [0, 0.1) is 51.2 Å². The number of carbonyl (C=O) groups excluding carboxylic acids is 2. The Morgan fingerprint density at radius 3 is 1.82 bits per heavy atom. The summed E-state index contributed by atoms with van der Waals surface area (Å²) < 4.78 is 177. The fourth-order valence-corrected chi connectivity index (χ4v) is 18.3. The highest BCUT2D eigenvalue weighted by Crippen LogP contribution is 2.77. The van der Waals surface area contributed by atoms with Crippen LogP contribution in [-0.4, -0.2) is 249 Å². The number of carbonyl (C=O) groups is 2. The first-order valence-corrected chi connectivity index (χ1v) is 34.7. The Balaban J connectivity index is 0.927. The largest absolute Gasteiger partial charge is 0.469 e. The maximum absolute atomic E-state index is 14.7. The van der Waals surface area contributed by atoms with Crippen LogP contribution in [0.5, 0.6) is 0 Å². The Morgan fingerprint density at radius 1 is 0.681 bits per heavy atom. The molecule has 3 saturated carbocycles. The highest BCUT2D eigenvalue weighted by molar-refractivity contribution is 7.81. The molecule has 10 N–H and O–H groups in total. The lowest BCUT2D eigenvalue weighted by atomic mass is 9.40. The van der Waals surface area contributed by atoms with E-state index in [4.69, 9.17) is 60.8 Å². The number of rotatable bonds is 22. The predicted octanol–water partition coefficient (Wildman–Crippen LogP) is -0.428. The molecule has 32 nitrogen and oxygen atoms in total. The third kappa shape index (κ3) is 14.0. The maximum Gasteiger partial charge on any atom is 0.397 e. The van der Waals surface area contributed by atoms with Gasteiger partial charge in [0.1, 0.15) is 91.1 Å². The van der Waals surface area contributed by atoms with E-state index < -0.39 is 208 Å². The van der Waals surface area contributed by atoms with E-state index in [9.17, 15) is 79.7 Å². The van der Waals surface area contributed by atoms with Crippen LogP contribution in [0.25, 0.3) is 0 Å². The van der Waals surface area contributed by atoms with Crippen molar-refractivity contribution in [2.24, 2.45) is 51.2 Å². The fraction of sp³-hybridized carbons (Fsp3) is 0.929. The van der Waals surface area contributed by atoms with Gasteiger partial charge in [0.25, 0.3) is 0 Å². The second-order valence-corrected chi connectivity index (χ2v) is 30.8. The van der Waals surface area contributed by atoms with Crippen LogP contribution in [0.1, 0.15) is 113 Å². The maximum atomic E-state index is 14.7. The third-order valence-electron chi connectivity index (χ3n) is 21.5. The van der Waals surface area contributed by atoms with Crippen molar-refractivity contribution in [1.29, 1.82) is 0 Å². The van der Waals surface area contributed by atoms with E-state index in [-0.39, 0.29) is 29.2 Å². The molecule has 0 unspecified atom stereocenters. The SMILES string of the molecule is COC(=O)[C@H]1C[C@@]2(C)C3=CC[C@H]4C(C)(C)[C@@H](O[C@@H]5OC[C@@H](OS(=O)(=O)O)[C@H](O)[C@H]5O[C@@H]5O[C@H](C)[C@@H](O[C@@H]6O[C@H](COS(=O)(=O)O)[C@@H](O)[C@H](O[C@@H]7O[C@H](COS(=O)(=O)O)[C@@H](O)[C@H](OC)[C@H]7O)[C@H]6O)[C@H](O)[C@H]5O)CC[C@]4(C)[C@H]3CC[C@@]23C(=O)O[C@](C)(CCCC(C)C)[C@@H]13. The molecule has 8 fully saturated rings. The van der Waals surface area contributed by atoms with Crippen molar-refractivity contribution < 1.29 is 149 Å². The number of hydrogen-bond donors (Lipinski definition) is 10. The minimum Gasteiger partial charge on any atom is -0.469 e. The van der Waals surface area contributed by atoms with Gasteiger partial charge in [0.15, 0.2) is 25.2 Å². The molecular weight excluding hydrogens is 1280 g/mol. The summed E-state index contributed by atoms with van der Waals surface area (Å²) in [6, 6.07) is 0. The lowest BCUT2D eigenvalue weighted by Crippen LogP contribution is -2.67. The molecule has 524 valence electrons. The Morgan fingerprint density at radius 2 is 1.25 bits per heavy atom. The van der Waals surface area contributed by atoms with E-state index in [0.717, 1.165) is 25.5 Å². The average molecular weight is 1370 g/mol. The molecule has 9 aliphatic rings. The zero-order valence-corrected chi connectivity index (χ0v) is 54.6. The summed E-state index contributed by atoms with van der Waals surface area (Å²) in [5.74, 6) is -1.29. The normalized spacial score (nSPS) is 46.7. The number of allylic oxidation sites excluding steroid dienone is 2. The van der Waals surface area contributed by atoms with E-state index >= 15 is 0 Å². The minimum absolute atomic E-state index is 0.0214. The summed E-state index contributed by atoms with van der Waals surface area (Å²) in [6.07, 6.45) is -29.7. The van der Waals surface area contributed by atoms with E-state index in [1.165, 1.54) is 14.0 Å². The van der Waals surface area contributed by atoms with E-state index in [1.807, 2.05) is 20.8 Å². The Kier molecular flexibility index (Phi) is 21.5. The second kappa shape index (κ2) is 26.8. The summed E-state index contributed by atoms with van der Waals surface area (Å²) >= 11 is 0. The first-order chi connectivity index (χ1) is 42.2. The number of fused-ring (bicyclic) bond motifs is 4. The van der Waals surface area contributed by atoms with Crippen LogP contribution in [-0.2, 0) is 105 Å². The fourth-order valence-electron chi connectivity index (χ4n) is 17.2. The van der Waals surface area contributed by atoms with E-state index in [2.05, 4.69) is 42.1 Å². The average Bonchev–Trinajstić information content (AvgIpc) is 1.52. The van der Waals surface area contributed by atoms with Crippen molar-refractivity contribution in [2.45, 2.75) is 242 Å². The zero-order valence-electron chi connectivity index (χ0n) is 52.2. The number of aliphatic hydroxyl groups is 7. The zero-order chi connectivity index (χ0) is 67.3. The van der Waals surface area contributed by atoms with Crippen molar-refractivity contribution in [2.75, 3.05) is 34.0 Å². The van der Waals surface area contributed by atoms with Gasteiger partial charge < -0.3 is 87.9 Å². The molecule has 5 heterocycles. The van der Waals surface area contributed by atoms with Crippen LogP contribution in [0.3, 0.4) is 0 Å². The van der Waals surface area contributed by atoms with Gasteiger partial charge in [-0.05, 0) is 93.8 Å². The monoisotopic (exact) mass is 1370 g/mol. The molecule has 0 radical (unpaired) electrons. The molecular formula is C56H90O32S3. The number of esters is 2. The molecule has 28 atom stereocenters. The number of aliphatic hydroxyl groups excluding tert-OH is 7. The van der Waals surface area contributed by atoms with Gasteiger partial charge in [-0.2, -0.15) is 25.3 Å². The van der Waals surface area contributed by atoms with Crippen LogP contribution in [0.15, 0.2) is 11.6 Å². The van der Waals surface area contributed by atoms with Crippen LogP contribution >= 0.6 is 0 Å². The van der Waals surface area contributed by atoms with Gasteiger partial charge in [-0.3, -0.25) is 23.2 Å². The lowest BCUT2D eigenvalue weighted by molar-refractivity contribution is -0.389. The molecule has 4 aliphatic carbocycles. The number of methoxy groups -OCH3 is 2. The second-order valence-electron chi connectivity index (χ2n) is 27.6. The first kappa shape index (κ1) is 72.9. The predicted molar refractivity (Wildman–Crippen MR) is 303 cm³/mol. The van der Waals surface area contributed by atoms with Crippen LogP contribution < -0.4 is 0 Å². The molecule has 0 amide bonds. The van der Waals surface area contributed by atoms with Gasteiger partial charge >= 0.3 is 43.1 Å². The standard InChI is InChI=1S/C56H90O32S3/c1-24(2)12-11-17-55(8)45-26(46(64)76-10)20-54(7)28-13-14-32-52(4,5)33(16-18-53(32,6)27(28)15-19-56(45,54)51(65)87-55)83-50-44(36(59)31(21-77-50)88-91(72,73)74)86-47-38(61)37(60)41(25(3)80-47)84-49-40(63)43(35(58)30(82-49)23-79-90(69,70)71)85-48-39(62)42(75-9)34(57)29(81-48)22-78-89(66,67)68/h13,24-27,29-45,47-50,57-63H,11-12,14-23H2,1-10H3,(H,66,67,68)(H,69,70,71)(H,72,73,74)/t25-,26+,27+,29-,30-,31-,32+,33+,34-,35-,36+,37-,38-,39-,40-,41-,42+,43+,44-,45-,47+,48+,49+,50+,53-,54+,55-,56-/m1/s1. The molecule has 0 aromatic carbocycles. The number of cyclic esters (lactones) is 1. The van der Waals surface area contributed by atoms with Crippen molar-refractivity contribution >= 4 is 43.1 Å². The van der Waals surface area contributed by atoms with Crippen molar-refractivity contribution in [3.63, 3.8) is 0 Å².